The van der Waals surface area contributed by atoms with Crippen LogP contribution in [0.2, 0.25) is 0 Å². The maximum absolute atomic E-state index is 12.3. The van der Waals surface area contributed by atoms with E-state index in [2.05, 4.69) is 15.6 Å². The number of likely N-dealkylation sites (N-methyl/N-ethyl adjacent to an activating group) is 1. The molecule has 0 aliphatic heterocycles. The van der Waals surface area contributed by atoms with Crippen molar-refractivity contribution in [3.8, 4) is 0 Å². The van der Waals surface area contributed by atoms with Gasteiger partial charge in [0.05, 0.1) is 0 Å². The molecule has 0 saturated heterocycles. The van der Waals surface area contributed by atoms with E-state index in [-0.39, 0.29) is 5.91 Å². The van der Waals surface area contributed by atoms with Gasteiger partial charge >= 0.3 is 0 Å². The molecule has 1 amide bonds. The van der Waals surface area contributed by atoms with Crippen LogP contribution in [0.1, 0.15) is 27.2 Å². The van der Waals surface area contributed by atoms with Crippen LogP contribution in [0.15, 0.2) is 42.6 Å². The minimum atomic E-state index is -0.0396. The van der Waals surface area contributed by atoms with Gasteiger partial charge in [-0.2, -0.15) is 0 Å². The first-order valence-electron chi connectivity index (χ1n) is 7.13. The van der Waals surface area contributed by atoms with Crippen LogP contribution in [0.5, 0.6) is 0 Å². The molecule has 2 N–H and O–H groups in total. The SMILES string of the molecule is CNCCc1ccccc1C(=O)NCc1ccc(C)nc1. The highest BCUT2D eigenvalue weighted by Crippen LogP contribution is 2.10. The van der Waals surface area contributed by atoms with Crippen LogP contribution in [0.3, 0.4) is 0 Å². The van der Waals surface area contributed by atoms with Crippen LogP contribution in [-0.4, -0.2) is 24.5 Å². The Hall–Kier alpha value is -2.20. The summed E-state index contributed by atoms with van der Waals surface area (Å²) < 4.78 is 0. The van der Waals surface area contributed by atoms with Crippen molar-refractivity contribution in [1.29, 1.82) is 0 Å². The number of hydrogen-bond acceptors (Lipinski definition) is 3. The van der Waals surface area contributed by atoms with Crippen molar-refractivity contribution in [3.63, 3.8) is 0 Å². The number of benzene rings is 1. The first-order valence-corrected chi connectivity index (χ1v) is 7.13. The molecule has 0 fully saturated rings. The van der Waals surface area contributed by atoms with Crippen molar-refractivity contribution in [1.82, 2.24) is 15.6 Å². The number of carbonyl (C=O) groups excluding carboxylic acids is 1. The average Bonchev–Trinajstić information content (AvgIpc) is 2.52. The van der Waals surface area contributed by atoms with Crippen molar-refractivity contribution < 1.29 is 4.79 Å². The molecule has 21 heavy (non-hydrogen) atoms. The summed E-state index contributed by atoms with van der Waals surface area (Å²) in [5.41, 5.74) is 3.78. The van der Waals surface area contributed by atoms with Gasteiger partial charge in [-0.25, -0.2) is 0 Å². The maximum atomic E-state index is 12.3. The molecular weight excluding hydrogens is 262 g/mol. The molecule has 4 heteroatoms. The van der Waals surface area contributed by atoms with E-state index in [1.807, 2.05) is 50.4 Å². The minimum Gasteiger partial charge on any atom is -0.348 e. The van der Waals surface area contributed by atoms with Gasteiger partial charge in [0.15, 0.2) is 0 Å². The number of hydrogen-bond donors (Lipinski definition) is 2. The molecular formula is C17H21N3O. The second-order valence-electron chi connectivity index (χ2n) is 5.00. The highest BCUT2D eigenvalue weighted by Gasteiger charge is 2.10. The minimum absolute atomic E-state index is 0.0396. The third-order valence-corrected chi connectivity index (χ3v) is 3.33. The highest BCUT2D eigenvalue weighted by molar-refractivity contribution is 5.95. The number of carbonyl (C=O) groups is 1. The van der Waals surface area contributed by atoms with E-state index in [0.29, 0.717) is 6.54 Å². The lowest BCUT2D eigenvalue weighted by molar-refractivity contribution is 0.0950. The van der Waals surface area contributed by atoms with E-state index in [1.165, 1.54) is 0 Å². The molecule has 0 aliphatic rings. The predicted octanol–water partition coefficient (Wildman–Crippen LogP) is 2.08. The number of nitrogens with one attached hydrogen (secondary N) is 2. The normalized spacial score (nSPS) is 10.4. The lowest BCUT2D eigenvalue weighted by atomic mass is 10.0. The molecule has 0 aliphatic carbocycles. The van der Waals surface area contributed by atoms with Crippen LogP contribution in [0.4, 0.5) is 0 Å². The lowest BCUT2D eigenvalue weighted by Crippen LogP contribution is -2.24. The van der Waals surface area contributed by atoms with Crippen molar-refractivity contribution in [2.75, 3.05) is 13.6 Å². The summed E-state index contributed by atoms with van der Waals surface area (Å²) in [6.45, 7) is 3.29. The molecule has 0 bridgehead atoms. The summed E-state index contributed by atoms with van der Waals surface area (Å²) in [5.74, 6) is -0.0396. The van der Waals surface area contributed by atoms with Gasteiger partial charge in [-0.1, -0.05) is 24.3 Å². The van der Waals surface area contributed by atoms with E-state index in [0.717, 1.165) is 35.3 Å². The Morgan fingerprint density at radius 1 is 1.19 bits per heavy atom. The maximum Gasteiger partial charge on any atom is 0.251 e. The molecule has 2 aromatic rings. The number of rotatable bonds is 6. The standard InChI is InChI=1S/C17H21N3O/c1-13-7-8-14(11-19-13)12-20-17(21)16-6-4-3-5-15(16)9-10-18-2/h3-8,11,18H,9-10,12H2,1-2H3,(H,20,21). The zero-order valence-electron chi connectivity index (χ0n) is 12.5. The molecule has 0 unspecified atom stereocenters. The summed E-state index contributed by atoms with van der Waals surface area (Å²) in [6.07, 6.45) is 2.63. The zero-order chi connectivity index (χ0) is 15.1. The summed E-state index contributed by atoms with van der Waals surface area (Å²) in [4.78, 5) is 16.5. The van der Waals surface area contributed by atoms with Crippen molar-refractivity contribution in [3.05, 3.63) is 65.0 Å². The Morgan fingerprint density at radius 3 is 2.71 bits per heavy atom. The van der Waals surface area contributed by atoms with Gasteiger partial charge in [-0.05, 0) is 50.2 Å². The third-order valence-electron chi connectivity index (χ3n) is 3.33. The molecule has 0 radical (unpaired) electrons. The molecule has 0 saturated carbocycles. The van der Waals surface area contributed by atoms with Crippen molar-refractivity contribution in [2.24, 2.45) is 0 Å². The summed E-state index contributed by atoms with van der Waals surface area (Å²) >= 11 is 0. The molecule has 0 atom stereocenters. The van der Waals surface area contributed by atoms with Crippen LogP contribution in [-0.2, 0) is 13.0 Å². The molecule has 110 valence electrons. The summed E-state index contributed by atoms with van der Waals surface area (Å²) in [6, 6.07) is 11.7. The number of aromatic nitrogens is 1. The summed E-state index contributed by atoms with van der Waals surface area (Å²) in [5, 5.41) is 6.06. The lowest BCUT2D eigenvalue weighted by Gasteiger charge is -2.10. The molecule has 1 heterocycles. The zero-order valence-corrected chi connectivity index (χ0v) is 12.5. The second-order valence-corrected chi connectivity index (χ2v) is 5.00. The number of aryl methyl sites for hydroxylation is 1. The van der Waals surface area contributed by atoms with Crippen LogP contribution < -0.4 is 10.6 Å². The number of amides is 1. The first-order chi connectivity index (χ1) is 10.2. The average molecular weight is 283 g/mol. The Morgan fingerprint density at radius 2 is 2.00 bits per heavy atom. The van der Waals surface area contributed by atoms with Gasteiger partial charge in [-0.3, -0.25) is 9.78 Å². The monoisotopic (exact) mass is 283 g/mol. The number of nitrogens with zero attached hydrogens (tertiary/aromatic N) is 1. The highest BCUT2D eigenvalue weighted by atomic mass is 16.1. The Bertz CT molecular complexity index is 593. The van der Waals surface area contributed by atoms with Crippen LogP contribution in [0, 0.1) is 6.92 Å². The first kappa shape index (κ1) is 15.2. The Labute approximate surface area is 125 Å². The topological polar surface area (TPSA) is 54.0 Å². The fourth-order valence-electron chi connectivity index (χ4n) is 2.10. The second kappa shape index (κ2) is 7.55. The van der Waals surface area contributed by atoms with Gasteiger partial charge in [0.1, 0.15) is 0 Å². The smallest absolute Gasteiger partial charge is 0.251 e. The Balaban J connectivity index is 2.01. The van der Waals surface area contributed by atoms with Crippen molar-refractivity contribution >= 4 is 5.91 Å². The summed E-state index contributed by atoms with van der Waals surface area (Å²) in [7, 11) is 1.91. The van der Waals surface area contributed by atoms with Gasteiger partial charge in [0.25, 0.3) is 5.91 Å². The Kier molecular flexibility index (Phi) is 5.46. The van der Waals surface area contributed by atoms with Gasteiger partial charge in [0, 0.05) is 24.0 Å². The molecule has 1 aromatic heterocycles. The largest absolute Gasteiger partial charge is 0.348 e. The molecule has 4 nitrogen and oxygen atoms in total. The van der Waals surface area contributed by atoms with E-state index in [4.69, 9.17) is 0 Å². The van der Waals surface area contributed by atoms with Crippen molar-refractivity contribution in [2.45, 2.75) is 19.9 Å². The third kappa shape index (κ3) is 4.39. The number of pyridine rings is 1. The van der Waals surface area contributed by atoms with E-state index in [1.54, 1.807) is 6.20 Å². The van der Waals surface area contributed by atoms with E-state index in [9.17, 15) is 4.79 Å². The fraction of sp³-hybridized carbons (Fsp3) is 0.294. The molecule has 0 spiro atoms. The van der Waals surface area contributed by atoms with Gasteiger partial charge in [-0.15, -0.1) is 0 Å². The fourth-order valence-corrected chi connectivity index (χ4v) is 2.10. The van der Waals surface area contributed by atoms with E-state index < -0.39 is 0 Å². The predicted molar refractivity (Wildman–Crippen MR) is 84.2 cm³/mol. The van der Waals surface area contributed by atoms with Gasteiger partial charge in [0.2, 0.25) is 0 Å². The quantitative estimate of drug-likeness (QED) is 0.853. The van der Waals surface area contributed by atoms with Crippen LogP contribution >= 0.6 is 0 Å². The molecule has 1 aromatic carbocycles. The van der Waals surface area contributed by atoms with Gasteiger partial charge < -0.3 is 10.6 Å². The van der Waals surface area contributed by atoms with E-state index >= 15 is 0 Å². The van der Waals surface area contributed by atoms with Crippen LogP contribution in [0.25, 0.3) is 0 Å². The molecule has 2 rings (SSSR count).